The Morgan fingerprint density at radius 1 is 1.12 bits per heavy atom. The Hall–Kier alpha value is -2.40. The number of hydrogen-bond acceptors (Lipinski definition) is 4. The van der Waals surface area contributed by atoms with E-state index in [1.165, 1.54) is 5.56 Å². The van der Waals surface area contributed by atoms with E-state index in [-0.39, 0.29) is 5.91 Å². The third kappa shape index (κ3) is 3.00. The molecule has 1 saturated heterocycles. The van der Waals surface area contributed by atoms with E-state index in [1.807, 2.05) is 35.2 Å². The van der Waals surface area contributed by atoms with Gasteiger partial charge in [-0.1, -0.05) is 25.1 Å². The first kappa shape index (κ1) is 16.1. The first-order chi connectivity index (χ1) is 12.3. The van der Waals surface area contributed by atoms with Crippen molar-refractivity contribution in [2.45, 2.75) is 19.3 Å². The third-order valence-corrected chi connectivity index (χ3v) is 5.12. The zero-order valence-corrected chi connectivity index (χ0v) is 14.5. The number of benzene rings is 1. The molecule has 0 bridgehead atoms. The molecule has 1 unspecified atom stereocenters. The van der Waals surface area contributed by atoms with Crippen LogP contribution < -0.4 is 9.80 Å². The van der Waals surface area contributed by atoms with Gasteiger partial charge in [-0.15, -0.1) is 0 Å². The largest absolute Gasteiger partial charge is 0.378 e. The maximum atomic E-state index is 13.4. The van der Waals surface area contributed by atoms with Crippen molar-refractivity contribution >= 4 is 17.4 Å². The monoisotopic (exact) mass is 337 g/mol. The first-order valence-electron chi connectivity index (χ1n) is 8.94. The molecule has 1 atom stereocenters. The minimum absolute atomic E-state index is 0.0361. The molecule has 1 aromatic carbocycles. The van der Waals surface area contributed by atoms with Gasteiger partial charge >= 0.3 is 0 Å². The number of morpholine rings is 1. The number of aromatic nitrogens is 1. The molecule has 4 rings (SSSR count). The zero-order valence-electron chi connectivity index (χ0n) is 14.5. The number of ether oxygens (including phenoxy) is 1. The number of amides is 1. The van der Waals surface area contributed by atoms with Gasteiger partial charge in [0.15, 0.2) is 0 Å². The topological polar surface area (TPSA) is 45.7 Å². The lowest BCUT2D eigenvalue weighted by molar-refractivity contribution is 0.0982. The van der Waals surface area contributed by atoms with Gasteiger partial charge in [-0.25, -0.2) is 4.98 Å². The number of carbonyl (C=O) groups excluding carboxylic acids is 1. The van der Waals surface area contributed by atoms with E-state index in [0.29, 0.717) is 24.7 Å². The van der Waals surface area contributed by atoms with Crippen LogP contribution in [-0.4, -0.2) is 43.7 Å². The summed E-state index contributed by atoms with van der Waals surface area (Å²) in [6, 6.07) is 12.0. The second-order valence-corrected chi connectivity index (χ2v) is 6.68. The number of rotatable bonds is 2. The average molecular weight is 337 g/mol. The fourth-order valence-electron chi connectivity index (χ4n) is 3.70. The summed E-state index contributed by atoms with van der Waals surface area (Å²) < 4.78 is 5.43. The van der Waals surface area contributed by atoms with Crippen LogP contribution in [0.3, 0.4) is 0 Å². The highest BCUT2D eigenvalue weighted by Gasteiger charge is 2.29. The highest BCUT2D eigenvalue weighted by Crippen LogP contribution is 2.36. The third-order valence-electron chi connectivity index (χ3n) is 5.12. The summed E-state index contributed by atoms with van der Waals surface area (Å²) in [6.45, 7) is 5.86. The lowest BCUT2D eigenvalue weighted by Crippen LogP contribution is -2.40. The summed E-state index contributed by atoms with van der Waals surface area (Å²) in [5, 5.41) is 0. The molecule has 0 N–H and O–H groups in total. The summed E-state index contributed by atoms with van der Waals surface area (Å²) in [5.74, 6) is 1.29. The van der Waals surface area contributed by atoms with Gasteiger partial charge in [0.05, 0.1) is 18.8 Å². The van der Waals surface area contributed by atoms with Gasteiger partial charge in [0, 0.05) is 31.5 Å². The van der Waals surface area contributed by atoms with E-state index < -0.39 is 0 Å². The minimum atomic E-state index is 0.0361. The quantitative estimate of drug-likeness (QED) is 0.845. The van der Waals surface area contributed by atoms with Crippen LogP contribution in [0.5, 0.6) is 0 Å². The molecule has 3 heterocycles. The summed E-state index contributed by atoms with van der Waals surface area (Å²) in [4.78, 5) is 21.9. The van der Waals surface area contributed by atoms with E-state index in [9.17, 15) is 4.79 Å². The fourth-order valence-corrected chi connectivity index (χ4v) is 3.70. The van der Waals surface area contributed by atoms with Crippen molar-refractivity contribution in [1.82, 2.24) is 4.98 Å². The normalized spacial score (nSPS) is 20.3. The van der Waals surface area contributed by atoms with Crippen molar-refractivity contribution in [3.05, 3.63) is 53.7 Å². The van der Waals surface area contributed by atoms with Gasteiger partial charge in [-0.3, -0.25) is 4.79 Å². The molecular formula is C20H23N3O2. The Morgan fingerprint density at radius 3 is 2.76 bits per heavy atom. The standard InChI is InChI=1S/C20H23N3O2/c1-15-8-10-23(18-7-3-2-5-16(15)18)20(24)17-6-4-9-21-19(17)22-11-13-25-14-12-22/h2-7,9,15H,8,10-14H2,1H3. The molecule has 130 valence electrons. The van der Waals surface area contributed by atoms with Gasteiger partial charge in [0.2, 0.25) is 0 Å². The lowest BCUT2D eigenvalue weighted by atomic mass is 9.91. The Morgan fingerprint density at radius 2 is 1.92 bits per heavy atom. The van der Waals surface area contributed by atoms with Gasteiger partial charge in [0.25, 0.3) is 5.91 Å². The van der Waals surface area contributed by atoms with Crippen molar-refractivity contribution in [3.63, 3.8) is 0 Å². The van der Waals surface area contributed by atoms with Gasteiger partial charge < -0.3 is 14.5 Å². The molecule has 0 aliphatic carbocycles. The maximum Gasteiger partial charge on any atom is 0.262 e. The van der Waals surface area contributed by atoms with Crippen molar-refractivity contribution in [2.24, 2.45) is 0 Å². The molecule has 2 aromatic rings. The number of para-hydroxylation sites is 1. The molecule has 1 fully saturated rings. The number of fused-ring (bicyclic) bond motifs is 1. The van der Waals surface area contributed by atoms with E-state index in [4.69, 9.17) is 4.74 Å². The molecule has 1 amide bonds. The van der Waals surface area contributed by atoms with Gasteiger partial charge in [-0.2, -0.15) is 0 Å². The maximum absolute atomic E-state index is 13.4. The van der Waals surface area contributed by atoms with Crippen LogP contribution in [0.25, 0.3) is 0 Å². The molecule has 5 nitrogen and oxygen atoms in total. The Bertz CT molecular complexity index is 771. The average Bonchev–Trinajstić information content (AvgIpc) is 2.69. The van der Waals surface area contributed by atoms with Crippen LogP contribution in [0, 0.1) is 0 Å². The van der Waals surface area contributed by atoms with Crippen LogP contribution >= 0.6 is 0 Å². The number of carbonyl (C=O) groups is 1. The molecule has 2 aliphatic heterocycles. The second kappa shape index (κ2) is 6.84. The minimum Gasteiger partial charge on any atom is -0.378 e. The molecule has 1 aromatic heterocycles. The number of nitrogens with zero attached hydrogens (tertiary/aromatic N) is 3. The Kier molecular flexibility index (Phi) is 4.40. The summed E-state index contributed by atoms with van der Waals surface area (Å²) in [7, 11) is 0. The van der Waals surface area contributed by atoms with Crippen molar-refractivity contribution in [2.75, 3.05) is 42.6 Å². The molecule has 25 heavy (non-hydrogen) atoms. The smallest absolute Gasteiger partial charge is 0.262 e. The van der Waals surface area contributed by atoms with Crippen LogP contribution in [0.2, 0.25) is 0 Å². The van der Waals surface area contributed by atoms with E-state index >= 15 is 0 Å². The molecule has 0 spiro atoms. The highest BCUT2D eigenvalue weighted by molar-refractivity contribution is 6.09. The molecule has 5 heteroatoms. The molecule has 2 aliphatic rings. The molecule has 0 radical (unpaired) electrons. The van der Waals surface area contributed by atoms with Crippen LogP contribution in [0.1, 0.15) is 35.2 Å². The SMILES string of the molecule is CC1CCN(C(=O)c2cccnc2N2CCOCC2)c2ccccc21. The van der Waals surface area contributed by atoms with Crippen LogP contribution in [0.15, 0.2) is 42.6 Å². The lowest BCUT2D eigenvalue weighted by Gasteiger charge is -2.34. The van der Waals surface area contributed by atoms with E-state index in [0.717, 1.165) is 37.6 Å². The van der Waals surface area contributed by atoms with E-state index in [2.05, 4.69) is 22.9 Å². The summed E-state index contributed by atoms with van der Waals surface area (Å²) in [5.41, 5.74) is 2.95. The number of hydrogen-bond donors (Lipinski definition) is 0. The summed E-state index contributed by atoms with van der Waals surface area (Å²) in [6.07, 6.45) is 2.74. The first-order valence-corrected chi connectivity index (χ1v) is 8.94. The highest BCUT2D eigenvalue weighted by atomic mass is 16.5. The number of pyridine rings is 1. The summed E-state index contributed by atoms with van der Waals surface area (Å²) >= 11 is 0. The Labute approximate surface area is 148 Å². The fraction of sp³-hybridized carbons (Fsp3) is 0.400. The van der Waals surface area contributed by atoms with Crippen LogP contribution in [-0.2, 0) is 4.74 Å². The predicted octanol–water partition coefficient (Wildman–Crippen LogP) is 3.07. The molecule has 0 saturated carbocycles. The molecular weight excluding hydrogens is 314 g/mol. The van der Waals surface area contributed by atoms with Crippen LogP contribution in [0.4, 0.5) is 11.5 Å². The van der Waals surface area contributed by atoms with Gasteiger partial charge in [-0.05, 0) is 36.1 Å². The van der Waals surface area contributed by atoms with Crippen molar-refractivity contribution < 1.29 is 9.53 Å². The van der Waals surface area contributed by atoms with E-state index in [1.54, 1.807) is 6.20 Å². The van der Waals surface area contributed by atoms with Gasteiger partial charge in [0.1, 0.15) is 5.82 Å². The second-order valence-electron chi connectivity index (χ2n) is 6.68. The number of anilines is 2. The van der Waals surface area contributed by atoms with Crippen molar-refractivity contribution in [3.8, 4) is 0 Å². The zero-order chi connectivity index (χ0) is 17.2. The van der Waals surface area contributed by atoms with Crippen molar-refractivity contribution in [1.29, 1.82) is 0 Å². The predicted molar refractivity (Wildman–Crippen MR) is 98.4 cm³/mol. The Balaban J connectivity index is 1.69.